The third kappa shape index (κ3) is 3.45. The average Bonchev–Trinajstić information content (AvgIpc) is 2.34. The van der Waals surface area contributed by atoms with Crippen LogP contribution in [-0.4, -0.2) is 18.8 Å². The summed E-state index contributed by atoms with van der Waals surface area (Å²) in [5, 5.41) is 5.08. The SMILES string of the molecule is CCC1CC(Nc2c(Cl)cc(Cl)cc2Cl)CCO1. The molecule has 1 aromatic rings. The Morgan fingerprint density at radius 1 is 1.28 bits per heavy atom. The predicted octanol–water partition coefficient (Wildman–Crippen LogP) is 5.02. The Morgan fingerprint density at radius 3 is 2.56 bits per heavy atom. The lowest BCUT2D eigenvalue weighted by molar-refractivity contribution is 0.00926. The molecule has 2 unspecified atom stereocenters. The van der Waals surface area contributed by atoms with Gasteiger partial charge in [0.15, 0.2) is 0 Å². The number of nitrogens with one attached hydrogen (secondary N) is 1. The van der Waals surface area contributed by atoms with Gasteiger partial charge in [0.1, 0.15) is 0 Å². The monoisotopic (exact) mass is 307 g/mol. The molecule has 1 aliphatic rings. The summed E-state index contributed by atoms with van der Waals surface area (Å²) >= 11 is 18.2. The second kappa shape index (κ2) is 6.33. The lowest BCUT2D eigenvalue weighted by atomic mass is 10.0. The van der Waals surface area contributed by atoms with Crippen molar-refractivity contribution in [1.82, 2.24) is 0 Å². The van der Waals surface area contributed by atoms with E-state index in [4.69, 9.17) is 39.5 Å². The fourth-order valence-corrected chi connectivity index (χ4v) is 3.11. The molecular weight excluding hydrogens is 293 g/mol. The number of rotatable bonds is 3. The molecule has 0 amide bonds. The van der Waals surface area contributed by atoms with Gasteiger partial charge in [-0.1, -0.05) is 41.7 Å². The molecule has 1 aliphatic heterocycles. The van der Waals surface area contributed by atoms with Crippen molar-refractivity contribution in [2.75, 3.05) is 11.9 Å². The normalized spacial score (nSPS) is 24.0. The molecule has 0 aromatic heterocycles. The van der Waals surface area contributed by atoms with Crippen molar-refractivity contribution in [2.24, 2.45) is 0 Å². The molecule has 0 saturated carbocycles. The van der Waals surface area contributed by atoms with Gasteiger partial charge in [-0.3, -0.25) is 0 Å². The van der Waals surface area contributed by atoms with Gasteiger partial charge in [-0.05, 0) is 31.4 Å². The lowest BCUT2D eigenvalue weighted by Crippen LogP contribution is -2.33. The van der Waals surface area contributed by atoms with Crippen LogP contribution in [0, 0.1) is 0 Å². The van der Waals surface area contributed by atoms with Gasteiger partial charge in [0.2, 0.25) is 0 Å². The summed E-state index contributed by atoms with van der Waals surface area (Å²) in [5.41, 5.74) is 0.768. The largest absolute Gasteiger partial charge is 0.380 e. The van der Waals surface area contributed by atoms with Gasteiger partial charge in [0, 0.05) is 17.7 Å². The topological polar surface area (TPSA) is 21.3 Å². The Bertz CT molecular complexity index is 402. The standard InChI is InChI=1S/C13H16Cl3NO/c1-2-10-7-9(3-4-18-10)17-13-11(15)5-8(14)6-12(13)16/h5-6,9-10,17H,2-4,7H2,1H3. The van der Waals surface area contributed by atoms with Crippen LogP contribution in [0.25, 0.3) is 0 Å². The van der Waals surface area contributed by atoms with Gasteiger partial charge in [0.25, 0.3) is 0 Å². The summed E-state index contributed by atoms with van der Waals surface area (Å²) in [6.45, 7) is 2.91. The van der Waals surface area contributed by atoms with E-state index in [1.165, 1.54) is 0 Å². The zero-order valence-corrected chi connectivity index (χ0v) is 12.4. The van der Waals surface area contributed by atoms with Gasteiger partial charge >= 0.3 is 0 Å². The van der Waals surface area contributed by atoms with Crippen LogP contribution in [-0.2, 0) is 4.74 Å². The third-order valence-electron chi connectivity index (χ3n) is 3.18. The molecular formula is C13H16Cl3NO. The van der Waals surface area contributed by atoms with Gasteiger partial charge in [0.05, 0.1) is 21.8 Å². The Labute approximate surface area is 123 Å². The van der Waals surface area contributed by atoms with Crippen molar-refractivity contribution in [1.29, 1.82) is 0 Å². The molecule has 5 heteroatoms. The van der Waals surface area contributed by atoms with Gasteiger partial charge in [-0.25, -0.2) is 0 Å². The summed E-state index contributed by atoms with van der Waals surface area (Å²) in [5.74, 6) is 0. The van der Waals surface area contributed by atoms with E-state index >= 15 is 0 Å². The first-order valence-corrected chi connectivity index (χ1v) is 7.26. The number of hydrogen-bond acceptors (Lipinski definition) is 2. The molecule has 1 saturated heterocycles. The summed E-state index contributed by atoms with van der Waals surface area (Å²) in [4.78, 5) is 0. The van der Waals surface area contributed by atoms with E-state index in [0.29, 0.717) is 27.2 Å². The maximum Gasteiger partial charge on any atom is 0.0722 e. The van der Waals surface area contributed by atoms with E-state index in [2.05, 4.69) is 12.2 Å². The Kier molecular flexibility index (Phi) is 5.02. The Morgan fingerprint density at radius 2 is 1.94 bits per heavy atom. The fourth-order valence-electron chi connectivity index (χ4n) is 2.18. The lowest BCUT2D eigenvalue weighted by Gasteiger charge is -2.30. The maximum absolute atomic E-state index is 6.16. The minimum absolute atomic E-state index is 0.320. The van der Waals surface area contributed by atoms with Crippen LogP contribution in [0.4, 0.5) is 5.69 Å². The van der Waals surface area contributed by atoms with Crippen molar-refractivity contribution >= 4 is 40.5 Å². The van der Waals surface area contributed by atoms with E-state index < -0.39 is 0 Å². The van der Waals surface area contributed by atoms with Crippen LogP contribution < -0.4 is 5.32 Å². The molecule has 2 nitrogen and oxygen atoms in total. The zero-order valence-electron chi connectivity index (χ0n) is 10.2. The van der Waals surface area contributed by atoms with Crippen molar-refractivity contribution in [3.8, 4) is 0 Å². The first kappa shape index (κ1) is 14.3. The molecule has 1 N–H and O–H groups in total. The first-order valence-electron chi connectivity index (χ1n) is 6.12. The molecule has 0 radical (unpaired) electrons. The highest BCUT2D eigenvalue weighted by atomic mass is 35.5. The minimum Gasteiger partial charge on any atom is -0.380 e. The Balaban J connectivity index is 2.09. The fraction of sp³-hybridized carbons (Fsp3) is 0.538. The van der Waals surface area contributed by atoms with E-state index in [1.54, 1.807) is 12.1 Å². The van der Waals surface area contributed by atoms with Gasteiger partial charge < -0.3 is 10.1 Å². The van der Waals surface area contributed by atoms with E-state index in [1.807, 2.05) is 0 Å². The summed E-state index contributed by atoms with van der Waals surface area (Å²) in [6, 6.07) is 3.75. The Hall–Kier alpha value is -0.150. The van der Waals surface area contributed by atoms with E-state index in [9.17, 15) is 0 Å². The van der Waals surface area contributed by atoms with Crippen molar-refractivity contribution < 1.29 is 4.74 Å². The summed E-state index contributed by atoms with van der Waals surface area (Å²) < 4.78 is 5.65. The first-order chi connectivity index (χ1) is 8.60. The summed E-state index contributed by atoms with van der Waals surface area (Å²) in [7, 11) is 0. The molecule has 100 valence electrons. The van der Waals surface area contributed by atoms with Crippen molar-refractivity contribution in [3.63, 3.8) is 0 Å². The molecule has 18 heavy (non-hydrogen) atoms. The minimum atomic E-state index is 0.320. The highest BCUT2D eigenvalue weighted by Gasteiger charge is 2.22. The number of anilines is 1. The second-order valence-electron chi connectivity index (χ2n) is 4.51. The van der Waals surface area contributed by atoms with Crippen LogP contribution in [0.2, 0.25) is 15.1 Å². The molecule has 2 rings (SSSR count). The van der Waals surface area contributed by atoms with Gasteiger partial charge in [-0.2, -0.15) is 0 Å². The summed E-state index contributed by atoms with van der Waals surface area (Å²) in [6.07, 6.45) is 3.29. The van der Waals surface area contributed by atoms with Crippen molar-refractivity contribution in [2.45, 2.75) is 38.3 Å². The quantitative estimate of drug-likeness (QED) is 0.847. The molecule has 1 fully saturated rings. The third-order valence-corrected chi connectivity index (χ3v) is 3.99. The van der Waals surface area contributed by atoms with Crippen LogP contribution >= 0.6 is 34.8 Å². The van der Waals surface area contributed by atoms with E-state index in [0.717, 1.165) is 31.6 Å². The maximum atomic E-state index is 6.16. The van der Waals surface area contributed by atoms with E-state index in [-0.39, 0.29) is 0 Å². The zero-order chi connectivity index (χ0) is 13.1. The molecule has 2 atom stereocenters. The van der Waals surface area contributed by atoms with Crippen LogP contribution in [0.15, 0.2) is 12.1 Å². The smallest absolute Gasteiger partial charge is 0.0722 e. The number of benzene rings is 1. The van der Waals surface area contributed by atoms with Crippen molar-refractivity contribution in [3.05, 3.63) is 27.2 Å². The number of ether oxygens (including phenoxy) is 1. The average molecular weight is 309 g/mol. The van der Waals surface area contributed by atoms with Gasteiger partial charge in [-0.15, -0.1) is 0 Å². The van der Waals surface area contributed by atoms with Crippen LogP contribution in [0.3, 0.4) is 0 Å². The highest BCUT2D eigenvalue weighted by molar-refractivity contribution is 6.41. The number of halogens is 3. The predicted molar refractivity (Wildman–Crippen MR) is 78.1 cm³/mol. The second-order valence-corrected chi connectivity index (χ2v) is 5.76. The van der Waals surface area contributed by atoms with Crippen LogP contribution in [0.1, 0.15) is 26.2 Å². The number of hydrogen-bond donors (Lipinski definition) is 1. The highest BCUT2D eigenvalue weighted by Crippen LogP contribution is 2.35. The molecule has 0 bridgehead atoms. The van der Waals surface area contributed by atoms with Crippen LogP contribution in [0.5, 0.6) is 0 Å². The molecule has 0 spiro atoms. The molecule has 0 aliphatic carbocycles. The molecule has 1 aromatic carbocycles. The molecule has 1 heterocycles.